The summed E-state index contributed by atoms with van der Waals surface area (Å²) in [6.07, 6.45) is 2.00. The highest BCUT2D eigenvalue weighted by Gasteiger charge is 2.38. The highest BCUT2D eigenvalue weighted by molar-refractivity contribution is 6.01. The number of hydrogen-bond donors (Lipinski definition) is 0. The van der Waals surface area contributed by atoms with Gasteiger partial charge in [-0.1, -0.05) is 54.6 Å². The molecule has 0 aliphatic carbocycles. The van der Waals surface area contributed by atoms with Gasteiger partial charge in [0.05, 0.1) is 11.1 Å². The molecule has 0 saturated heterocycles. The largest absolute Gasteiger partial charge is 0.358 e. The fraction of sp³-hybridized carbons (Fsp3) is 0.211. The maximum Gasteiger partial charge on any atom is 0.119 e. The number of rotatable bonds is 3. The van der Waals surface area contributed by atoms with Crippen LogP contribution in [0.4, 0.5) is 5.69 Å². The van der Waals surface area contributed by atoms with Gasteiger partial charge in [0.1, 0.15) is 5.84 Å². The molecule has 1 aliphatic heterocycles. The summed E-state index contributed by atoms with van der Waals surface area (Å²) in [5.74, 6) is 1.06. The van der Waals surface area contributed by atoms with Gasteiger partial charge >= 0.3 is 0 Å². The van der Waals surface area contributed by atoms with E-state index in [1.165, 1.54) is 11.1 Å². The Morgan fingerprint density at radius 1 is 1.10 bits per heavy atom. The first-order chi connectivity index (χ1) is 10.1. The smallest absolute Gasteiger partial charge is 0.119 e. The van der Waals surface area contributed by atoms with Crippen molar-refractivity contribution in [3.05, 3.63) is 78.4 Å². The predicted octanol–water partition coefficient (Wildman–Crippen LogP) is 4.31. The fourth-order valence-corrected chi connectivity index (χ4v) is 2.98. The van der Waals surface area contributed by atoms with Gasteiger partial charge in [-0.05, 0) is 24.1 Å². The standard InChI is InChI=1S/C19H20N2/c1-4-19(2)16-12-8-9-13-17(16)20-18(19)21(3)14-15-10-6-5-7-11-15/h4-13H,1,14H2,2-3H3. The Balaban J connectivity index is 1.94. The monoisotopic (exact) mass is 276 g/mol. The maximum atomic E-state index is 4.84. The molecule has 0 aromatic heterocycles. The zero-order chi connectivity index (χ0) is 14.9. The van der Waals surface area contributed by atoms with Crippen molar-refractivity contribution in [3.63, 3.8) is 0 Å². The molecule has 1 aliphatic rings. The van der Waals surface area contributed by atoms with E-state index >= 15 is 0 Å². The van der Waals surface area contributed by atoms with Crippen LogP contribution in [0.15, 0.2) is 72.2 Å². The number of para-hydroxylation sites is 1. The van der Waals surface area contributed by atoms with Gasteiger partial charge in [0, 0.05) is 13.6 Å². The molecule has 0 N–H and O–H groups in total. The average Bonchev–Trinajstić information content (AvgIpc) is 2.83. The van der Waals surface area contributed by atoms with Crippen LogP contribution in [0.3, 0.4) is 0 Å². The first-order valence-corrected chi connectivity index (χ1v) is 7.22. The number of fused-ring (bicyclic) bond motifs is 1. The van der Waals surface area contributed by atoms with E-state index in [0.717, 1.165) is 18.1 Å². The Kier molecular flexibility index (Phi) is 3.38. The van der Waals surface area contributed by atoms with E-state index in [2.05, 4.69) is 67.9 Å². The van der Waals surface area contributed by atoms with Crippen LogP contribution in [0.1, 0.15) is 18.1 Å². The Labute approximate surface area is 126 Å². The first kappa shape index (κ1) is 13.6. The summed E-state index contributed by atoms with van der Waals surface area (Å²) in [5, 5.41) is 0. The molecular weight excluding hydrogens is 256 g/mol. The van der Waals surface area contributed by atoms with Crippen molar-refractivity contribution in [3.8, 4) is 0 Å². The minimum atomic E-state index is -0.222. The van der Waals surface area contributed by atoms with Gasteiger partial charge < -0.3 is 4.90 Å². The summed E-state index contributed by atoms with van der Waals surface area (Å²) in [6, 6.07) is 18.8. The normalized spacial score (nSPS) is 19.8. The molecule has 2 nitrogen and oxygen atoms in total. The third-order valence-corrected chi connectivity index (χ3v) is 4.19. The van der Waals surface area contributed by atoms with Crippen LogP contribution in [0.5, 0.6) is 0 Å². The molecule has 0 spiro atoms. The Bertz CT molecular complexity index is 688. The topological polar surface area (TPSA) is 15.6 Å². The molecular formula is C19H20N2. The lowest BCUT2D eigenvalue weighted by Gasteiger charge is -2.30. The van der Waals surface area contributed by atoms with Crippen LogP contribution in [0.25, 0.3) is 0 Å². The van der Waals surface area contributed by atoms with Crippen LogP contribution >= 0.6 is 0 Å². The average molecular weight is 276 g/mol. The second-order valence-corrected chi connectivity index (χ2v) is 5.70. The molecule has 3 rings (SSSR count). The molecule has 0 saturated carbocycles. The van der Waals surface area contributed by atoms with Gasteiger partial charge in [-0.25, -0.2) is 4.99 Å². The first-order valence-electron chi connectivity index (χ1n) is 7.22. The number of benzene rings is 2. The van der Waals surface area contributed by atoms with Crippen molar-refractivity contribution in [2.75, 3.05) is 7.05 Å². The van der Waals surface area contributed by atoms with Gasteiger partial charge in [0.25, 0.3) is 0 Å². The molecule has 1 atom stereocenters. The lowest BCUT2D eigenvalue weighted by atomic mass is 9.82. The van der Waals surface area contributed by atoms with E-state index in [1.54, 1.807) is 0 Å². The van der Waals surface area contributed by atoms with Crippen molar-refractivity contribution in [1.29, 1.82) is 0 Å². The van der Waals surface area contributed by atoms with E-state index < -0.39 is 0 Å². The summed E-state index contributed by atoms with van der Waals surface area (Å²) < 4.78 is 0. The molecule has 1 unspecified atom stereocenters. The van der Waals surface area contributed by atoms with Crippen LogP contribution in [0, 0.1) is 0 Å². The summed E-state index contributed by atoms with van der Waals surface area (Å²) in [7, 11) is 2.10. The van der Waals surface area contributed by atoms with Crippen LogP contribution in [-0.2, 0) is 12.0 Å². The van der Waals surface area contributed by atoms with E-state index in [-0.39, 0.29) is 5.41 Å². The lowest BCUT2D eigenvalue weighted by molar-refractivity contribution is 0.471. The molecule has 0 bridgehead atoms. The molecule has 21 heavy (non-hydrogen) atoms. The summed E-state index contributed by atoms with van der Waals surface area (Å²) >= 11 is 0. The number of likely N-dealkylation sites (N-methyl/N-ethyl adjacent to an activating group) is 1. The SMILES string of the molecule is C=CC1(C)C(N(C)Cc2ccccc2)=Nc2ccccc21. The second kappa shape index (κ2) is 5.21. The molecule has 2 aromatic carbocycles. The third kappa shape index (κ3) is 2.27. The van der Waals surface area contributed by atoms with Gasteiger partial charge in [-0.15, -0.1) is 6.58 Å². The van der Waals surface area contributed by atoms with Gasteiger partial charge in [0.15, 0.2) is 0 Å². The zero-order valence-corrected chi connectivity index (χ0v) is 12.6. The van der Waals surface area contributed by atoms with Crippen molar-refractivity contribution in [2.45, 2.75) is 18.9 Å². The van der Waals surface area contributed by atoms with Gasteiger partial charge in [0.2, 0.25) is 0 Å². The Morgan fingerprint density at radius 2 is 1.76 bits per heavy atom. The lowest BCUT2D eigenvalue weighted by Crippen LogP contribution is -2.39. The molecule has 2 aromatic rings. The molecule has 106 valence electrons. The minimum absolute atomic E-state index is 0.222. The van der Waals surface area contributed by atoms with Crippen LogP contribution in [-0.4, -0.2) is 17.8 Å². The number of amidine groups is 1. The zero-order valence-electron chi connectivity index (χ0n) is 12.6. The van der Waals surface area contributed by atoms with Crippen molar-refractivity contribution < 1.29 is 0 Å². The van der Waals surface area contributed by atoms with Gasteiger partial charge in [-0.2, -0.15) is 0 Å². The van der Waals surface area contributed by atoms with E-state index in [9.17, 15) is 0 Å². The highest BCUT2D eigenvalue weighted by atomic mass is 15.2. The maximum absolute atomic E-state index is 4.84. The van der Waals surface area contributed by atoms with Gasteiger partial charge in [-0.3, -0.25) is 0 Å². The van der Waals surface area contributed by atoms with E-state index in [1.807, 2.05) is 18.2 Å². The highest BCUT2D eigenvalue weighted by Crippen LogP contribution is 2.41. The predicted molar refractivity (Wildman–Crippen MR) is 89.0 cm³/mol. The van der Waals surface area contributed by atoms with E-state index in [4.69, 9.17) is 4.99 Å². The minimum Gasteiger partial charge on any atom is -0.358 e. The molecule has 0 amide bonds. The summed E-state index contributed by atoms with van der Waals surface area (Å²) in [5.41, 5.74) is 3.34. The van der Waals surface area contributed by atoms with Crippen molar-refractivity contribution in [1.82, 2.24) is 4.90 Å². The summed E-state index contributed by atoms with van der Waals surface area (Å²) in [6.45, 7) is 7.08. The Morgan fingerprint density at radius 3 is 2.48 bits per heavy atom. The van der Waals surface area contributed by atoms with Crippen molar-refractivity contribution in [2.24, 2.45) is 4.99 Å². The summed E-state index contributed by atoms with van der Waals surface area (Å²) in [4.78, 5) is 7.06. The van der Waals surface area contributed by atoms with E-state index in [0.29, 0.717) is 0 Å². The quantitative estimate of drug-likeness (QED) is 0.763. The molecule has 2 heteroatoms. The molecule has 0 fully saturated rings. The number of hydrogen-bond acceptors (Lipinski definition) is 2. The Hall–Kier alpha value is -2.35. The number of aliphatic imine (C=N–C) groups is 1. The van der Waals surface area contributed by atoms with Crippen LogP contribution in [0.2, 0.25) is 0 Å². The van der Waals surface area contributed by atoms with Crippen LogP contribution < -0.4 is 0 Å². The fourth-order valence-electron chi connectivity index (χ4n) is 2.98. The third-order valence-electron chi connectivity index (χ3n) is 4.19. The van der Waals surface area contributed by atoms with Crippen molar-refractivity contribution >= 4 is 11.5 Å². The molecule has 0 radical (unpaired) electrons. The second-order valence-electron chi connectivity index (χ2n) is 5.70. The number of nitrogens with zero attached hydrogens (tertiary/aromatic N) is 2. The molecule has 1 heterocycles.